The first kappa shape index (κ1) is 17.7. The largest absolute Gasteiger partial charge is 0.443 e. The highest BCUT2D eigenvalue weighted by molar-refractivity contribution is 6.18. The number of rotatable bonds is 1. The molecule has 0 aliphatic carbocycles. The smallest absolute Gasteiger partial charge is 0.419 e. The van der Waals surface area contributed by atoms with E-state index >= 15 is 0 Å². The number of carbonyl (C=O) groups is 1. The molecule has 0 saturated heterocycles. The molecule has 0 bridgehead atoms. The molecule has 0 N–H and O–H groups in total. The fourth-order valence-corrected chi connectivity index (χ4v) is 2.71. The Morgan fingerprint density at radius 3 is 2.35 bits per heavy atom. The summed E-state index contributed by atoms with van der Waals surface area (Å²) in [6, 6.07) is 3.23. The lowest BCUT2D eigenvalue weighted by atomic mass is 10.1. The van der Waals surface area contributed by atoms with Crippen LogP contribution in [0.2, 0.25) is 0 Å². The molecular weight excluding hydrogens is 331 g/mol. The van der Waals surface area contributed by atoms with Gasteiger partial charge in [0.1, 0.15) is 5.60 Å². The molecule has 1 aromatic carbocycles. The monoisotopic (exact) mass is 347 g/mol. The summed E-state index contributed by atoms with van der Waals surface area (Å²) >= 11 is 5.88. The number of nitrogens with zero attached hydrogens (tertiary/aromatic N) is 1. The number of ether oxygens (including phenoxy) is 1. The first-order valence-electron chi connectivity index (χ1n) is 6.96. The molecular formula is C16H17ClF3NO2. The molecule has 0 radical (unpaired) electrons. The summed E-state index contributed by atoms with van der Waals surface area (Å²) in [6.07, 6.45) is -5.10. The average Bonchev–Trinajstić information content (AvgIpc) is 2.66. The second kappa shape index (κ2) is 5.74. The molecule has 0 spiro atoms. The van der Waals surface area contributed by atoms with Gasteiger partial charge in [0.25, 0.3) is 0 Å². The quantitative estimate of drug-likeness (QED) is 0.639. The van der Waals surface area contributed by atoms with E-state index in [1.54, 1.807) is 27.7 Å². The number of hydrogen-bond donors (Lipinski definition) is 0. The molecule has 0 saturated carbocycles. The Morgan fingerprint density at radius 1 is 1.26 bits per heavy atom. The van der Waals surface area contributed by atoms with Crippen LogP contribution in [-0.4, -0.2) is 16.3 Å². The number of halogens is 4. The van der Waals surface area contributed by atoms with Gasteiger partial charge in [0, 0.05) is 17.0 Å². The van der Waals surface area contributed by atoms with E-state index in [1.807, 2.05) is 0 Å². The molecule has 0 aliphatic rings. The van der Waals surface area contributed by atoms with Crippen LogP contribution in [0.1, 0.15) is 37.6 Å². The molecule has 3 nitrogen and oxygen atoms in total. The highest BCUT2D eigenvalue weighted by Gasteiger charge is 2.32. The zero-order valence-corrected chi connectivity index (χ0v) is 14.0. The third-order valence-corrected chi connectivity index (χ3v) is 3.64. The van der Waals surface area contributed by atoms with Crippen LogP contribution in [-0.2, 0) is 16.8 Å². The van der Waals surface area contributed by atoms with E-state index in [-0.39, 0.29) is 5.88 Å². The maximum Gasteiger partial charge on any atom is 0.419 e. The molecule has 2 aromatic rings. The molecule has 0 aliphatic heterocycles. The van der Waals surface area contributed by atoms with Gasteiger partial charge >= 0.3 is 12.3 Å². The van der Waals surface area contributed by atoms with Gasteiger partial charge in [0.2, 0.25) is 0 Å². The van der Waals surface area contributed by atoms with Crippen molar-refractivity contribution in [3.8, 4) is 0 Å². The van der Waals surface area contributed by atoms with E-state index in [2.05, 4.69) is 0 Å². The van der Waals surface area contributed by atoms with Crippen molar-refractivity contribution in [3.63, 3.8) is 0 Å². The van der Waals surface area contributed by atoms with Crippen LogP contribution in [0.25, 0.3) is 10.9 Å². The fourth-order valence-electron chi connectivity index (χ4n) is 2.37. The summed E-state index contributed by atoms with van der Waals surface area (Å²) in [5.74, 6) is -0.000554. The second-order valence-corrected chi connectivity index (χ2v) is 6.51. The van der Waals surface area contributed by atoms with Gasteiger partial charge in [0.15, 0.2) is 0 Å². The number of hydrogen-bond acceptors (Lipinski definition) is 2. The topological polar surface area (TPSA) is 31.2 Å². The van der Waals surface area contributed by atoms with Crippen molar-refractivity contribution >= 4 is 28.6 Å². The van der Waals surface area contributed by atoms with Crippen molar-refractivity contribution in [2.75, 3.05) is 0 Å². The van der Waals surface area contributed by atoms with Crippen LogP contribution in [0, 0.1) is 6.92 Å². The maximum atomic E-state index is 12.9. The number of aromatic nitrogens is 1. The minimum Gasteiger partial charge on any atom is -0.443 e. The van der Waals surface area contributed by atoms with E-state index < -0.39 is 23.4 Å². The van der Waals surface area contributed by atoms with Crippen molar-refractivity contribution in [2.45, 2.75) is 45.4 Å². The Bertz CT molecular complexity index is 757. The van der Waals surface area contributed by atoms with Crippen molar-refractivity contribution in [1.82, 2.24) is 4.57 Å². The molecule has 2 rings (SSSR count). The standard InChI is InChI=1S/C16H17ClF3NO2/c1-9-12(8-17)11-7-10(16(18,19)20)5-6-13(11)21(9)14(22)23-15(2,3)4/h5-7H,8H2,1-4H3. The molecule has 0 fully saturated rings. The van der Waals surface area contributed by atoms with Gasteiger partial charge in [-0.1, -0.05) is 0 Å². The van der Waals surface area contributed by atoms with Gasteiger partial charge in [-0.15, -0.1) is 11.6 Å². The Hall–Kier alpha value is -1.69. The third-order valence-electron chi connectivity index (χ3n) is 3.37. The van der Waals surface area contributed by atoms with Crippen LogP contribution in [0.5, 0.6) is 0 Å². The van der Waals surface area contributed by atoms with E-state index in [9.17, 15) is 18.0 Å². The van der Waals surface area contributed by atoms with Gasteiger partial charge in [-0.25, -0.2) is 9.36 Å². The summed E-state index contributed by atoms with van der Waals surface area (Å²) < 4.78 is 45.3. The number of carbonyl (C=O) groups excluding carboxylic acids is 1. The van der Waals surface area contributed by atoms with E-state index in [0.717, 1.165) is 12.1 Å². The summed E-state index contributed by atoms with van der Waals surface area (Å²) in [4.78, 5) is 12.4. The van der Waals surface area contributed by atoms with Crippen LogP contribution in [0.4, 0.5) is 18.0 Å². The first-order valence-corrected chi connectivity index (χ1v) is 7.49. The fraction of sp³-hybridized carbons (Fsp3) is 0.438. The van der Waals surface area contributed by atoms with Crippen LogP contribution >= 0.6 is 11.6 Å². The van der Waals surface area contributed by atoms with E-state index in [0.29, 0.717) is 22.2 Å². The zero-order valence-electron chi connectivity index (χ0n) is 13.2. The second-order valence-electron chi connectivity index (χ2n) is 6.24. The maximum absolute atomic E-state index is 12.9. The van der Waals surface area contributed by atoms with Crippen LogP contribution in [0.3, 0.4) is 0 Å². The normalized spacial score (nSPS) is 12.7. The highest BCUT2D eigenvalue weighted by atomic mass is 35.5. The van der Waals surface area contributed by atoms with E-state index in [1.165, 1.54) is 10.6 Å². The summed E-state index contributed by atoms with van der Waals surface area (Å²) in [5.41, 5.74) is -0.187. The Balaban J connectivity index is 2.68. The molecule has 0 amide bonds. The van der Waals surface area contributed by atoms with E-state index in [4.69, 9.17) is 16.3 Å². The molecule has 126 valence electrons. The Labute approximate surface area is 137 Å². The van der Waals surface area contributed by atoms with Crippen molar-refractivity contribution in [3.05, 3.63) is 35.0 Å². The molecule has 1 aromatic heterocycles. The van der Waals surface area contributed by atoms with Gasteiger partial charge in [-0.05, 0) is 51.5 Å². The Kier molecular flexibility index (Phi) is 4.41. The molecule has 1 heterocycles. The number of benzene rings is 1. The minimum absolute atomic E-state index is 0.000554. The summed E-state index contributed by atoms with van der Waals surface area (Å²) in [7, 11) is 0. The zero-order chi connectivity index (χ0) is 17.6. The SMILES string of the molecule is Cc1c(CCl)c2cc(C(F)(F)F)ccc2n1C(=O)OC(C)(C)C. The predicted octanol–water partition coefficient (Wildman–Crippen LogP) is 5.49. The van der Waals surface area contributed by atoms with Crippen LogP contribution < -0.4 is 0 Å². The Morgan fingerprint density at radius 2 is 1.87 bits per heavy atom. The lowest BCUT2D eigenvalue weighted by molar-refractivity contribution is -0.137. The average molecular weight is 348 g/mol. The van der Waals surface area contributed by atoms with Gasteiger partial charge in [0.05, 0.1) is 11.1 Å². The number of alkyl halides is 4. The summed E-state index contributed by atoms with van der Waals surface area (Å²) in [5, 5.41) is 0.304. The first-order chi connectivity index (χ1) is 10.5. The van der Waals surface area contributed by atoms with Crippen molar-refractivity contribution in [2.24, 2.45) is 0 Å². The third kappa shape index (κ3) is 3.47. The van der Waals surface area contributed by atoms with Gasteiger partial charge < -0.3 is 4.74 Å². The van der Waals surface area contributed by atoms with Crippen LogP contribution in [0.15, 0.2) is 18.2 Å². The molecule has 7 heteroatoms. The minimum atomic E-state index is -4.46. The lowest BCUT2D eigenvalue weighted by Gasteiger charge is -2.20. The van der Waals surface area contributed by atoms with Crippen molar-refractivity contribution in [1.29, 1.82) is 0 Å². The van der Waals surface area contributed by atoms with Crippen molar-refractivity contribution < 1.29 is 22.7 Å². The predicted molar refractivity (Wildman–Crippen MR) is 82.9 cm³/mol. The molecule has 0 atom stereocenters. The molecule has 23 heavy (non-hydrogen) atoms. The summed E-state index contributed by atoms with van der Waals surface area (Å²) in [6.45, 7) is 6.79. The highest BCUT2D eigenvalue weighted by Crippen LogP contribution is 2.35. The lowest BCUT2D eigenvalue weighted by Crippen LogP contribution is -2.27. The van der Waals surface area contributed by atoms with Gasteiger partial charge in [-0.2, -0.15) is 13.2 Å². The van der Waals surface area contributed by atoms with Gasteiger partial charge in [-0.3, -0.25) is 0 Å². The molecule has 0 unspecified atom stereocenters. The number of fused-ring (bicyclic) bond motifs is 1.